The summed E-state index contributed by atoms with van der Waals surface area (Å²) in [5.41, 5.74) is 3.51. The Hall–Kier alpha value is -3.47. The van der Waals surface area contributed by atoms with Gasteiger partial charge in [0, 0.05) is 17.0 Å². The number of anilines is 1. The van der Waals surface area contributed by atoms with Gasteiger partial charge in [-0.2, -0.15) is 9.78 Å². The number of hydrogen-bond acceptors (Lipinski definition) is 3. The second-order valence-corrected chi connectivity index (χ2v) is 7.18. The van der Waals surface area contributed by atoms with Crippen LogP contribution in [-0.4, -0.2) is 20.7 Å². The smallest absolute Gasteiger partial charge is 0.256 e. The first-order valence-corrected chi connectivity index (χ1v) is 9.35. The number of carbonyl (C=O) groups is 1. The fraction of sp³-hybridized carbons (Fsp3) is 0.174. The van der Waals surface area contributed by atoms with Crippen LogP contribution in [0.1, 0.15) is 41.4 Å². The van der Waals surface area contributed by atoms with Crippen LogP contribution in [0.25, 0.3) is 16.7 Å². The van der Waals surface area contributed by atoms with Crippen molar-refractivity contribution in [3.05, 3.63) is 83.6 Å². The number of carbonyl (C=O) groups excluding carboxylic acids is 1. The van der Waals surface area contributed by atoms with Gasteiger partial charge in [-0.15, -0.1) is 0 Å². The third-order valence-corrected chi connectivity index (χ3v) is 4.71. The molecule has 1 N–H and O–H groups in total. The van der Waals surface area contributed by atoms with E-state index >= 15 is 0 Å². The molecule has 0 fully saturated rings. The normalized spacial score (nSPS) is 11.1. The first-order chi connectivity index (χ1) is 13.5. The maximum absolute atomic E-state index is 12.7. The van der Waals surface area contributed by atoms with E-state index in [1.165, 1.54) is 5.56 Å². The molecule has 4 aromatic rings. The van der Waals surface area contributed by atoms with Crippen molar-refractivity contribution >= 4 is 22.6 Å². The van der Waals surface area contributed by atoms with Crippen LogP contribution in [0.5, 0.6) is 0 Å². The van der Waals surface area contributed by atoms with E-state index in [4.69, 9.17) is 0 Å². The third kappa shape index (κ3) is 3.51. The lowest BCUT2D eigenvalue weighted by molar-refractivity contribution is 0.102. The monoisotopic (exact) mass is 370 g/mol. The van der Waals surface area contributed by atoms with E-state index in [-0.39, 0.29) is 5.91 Å². The minimum atomic E-state index is -0.169. The lowest BCUT2D eigenvalue weighted by atomic mass is 10.0. The van der Waals surface area contributed by atoms with Gasteiger partial charge < -0.3 is 5.32 Å². The van der Waals surface area contributed by atoms with Crippen molar-refractivity contribution in [2.75, 3.05) is 5.32 Å². The summed E-state index contributed by atoms with van der Waals surface area (Å²) in [7, 11) is 0. The van der Waals surface area contributed by atoms with E-state index in [0.717, 1.165) is 16.6 Å². The largest absolute Gasteiger partial charge is 0.306 e. The average molecular weight is 370 g/mol. The third-order valence-electron chi connectivity index (χ3n) is 4.71. The lowest BCUT2D eigenvalue weighted by Crippen LogP contribution is -2.15. The fourth-order valence-corrected chi connectivity index (χ4v) is 3.14. The molecular formula is C23H22N4O. The highest BCUT2D eigenvalue weighted by molar-refractivity contribution is 6.04. The highest BCUT2D eigenvalue weighted by atomic mass is 16.1. The summed E-state index contributed by atoms with van der Waals surface area (Å²) in [6.07, 6.45) is 0. The van der Waals surface area contributed by atoms with Crippen LogP contribution in [0.2, 0.25) is 0 Å². The van der Waals surface area contributed by atoms with E-state index < -0.39 is 0 Å². The maximum Gasteiger partial charge on any atom is 0.256 e. The molecule has 5 nitrogen and oxygen atoms in total. The van der Waals surface area contributed by atoms with E-state index in [9.17, 15) is 4.79 Å². The highest BCUT2D eigenvalue weighted by Gasteiger charge is 2.14. The number of nitrogens with zero attached hydrogens (tertiary/aromatic N) is 3. The van der Waals surface area contributed by atoms with Gasteiger partial charge in [-0.1, -0.05) is 44.2 Å². The number of benzene rings is 2. The van der Waals surface area contributed by atoms with Crippen LogP contribution < -0.4 is 5.32 Å². The van der Waals surface area contributed by atoms with Crippen molar-refractivity contribution in [1.29, 1.82) is 0 Å². The summed E-state index contributed by atoms with van der Waals surface area (Å²) < 4.78 is 1.67. The Morgan fingerprint density at radius 2 is 1.75 bits per heavy atom. The number of fused-ring (bicyclic) bond motifs is 1. The Kier molecular flexibility index (Phi) is 4.65. The molecule has 140 valence electrons. The van der Waals surface area contributed by atoms with Gasteiger partial charge in [0.1, 0.15) is 5.82 Å². The van der Waals surface area contributed by atoms with Gasteiger partial charge in [-0.05, 0) is 48.7 Å². The van der Waals surface area contributed by atoms with E-state index in [2.05, 4.69) is 29.2 Å². The SMILES string of the molecule is Cc1cc(NC(=O)c2ccc(C(C)C)cc2)n(-c2ccc3ccccc3n2)n1. The summed E-state index contributed by atoms with van der Waals surface area (Å²) in [6.45, 7) is 6.16. The number of amides is 1. The molecule has 28 heavy (non-hydrogen) atoms. The molecule has 5 heteroatoms. The van der Waals surface area contributed by atoms with Gasteiger partial charge in [0.2, 0.25) is 0 Å². The summed E-state index contributed by atoms with van der Waals surface area (Å²) in [6, 6.07) is 21.4. The number of para-hydroxylation sites is 1. The quantitative estimate of drug-likeness (QED) is 0.543. The van der Waals surface area contributed by atoms with Gasteiger partial charge in [-0.25, -0.2) is 4.98 Å². The molecule has 0 aliphatic carbocycles. The molecule has 0 atom stereocenters. The molecule has 0 saturated heterocycles. The summed E-state index contributed by atoms with van der Waals surface area (Å²) >= 11 is 0. The lowest BCUT2D eigenvalue weighted by Gasteiger charge is -2.10. The van der Waals surface area contributed by atoms with Crippen molar-refractivity contribution in [3.63, 3.8) is 0 Å². The molecule has 0 unspecified atom stereocenters. The Balaban J connectivity index is 1.64. The first kappa shape index (κ1) is 17.9. The number of rotatable bonds is 4. The molecule has 2 heterocycles. The molecular weight excluding hydrogens is 348 g/mol. The Labute approximate surface area is 164 Å². The number of aryl methyl sites for hydroxylation is 1. The van der Waals surface area contributed by atoms with Crippen molar-refractivity contribution in [2.24, 2.45) is 0 Å². The molecule has 0 spiro atoms. The number of pyridine rings is 1. The summed E-state index contributed by atoms with van der Waals surface area (Å²) in [4.78, 5) is 17.4. The molecule has 1 amide bonds. The van der Waals surface area contributed by atoms with E-state index in [1.807, 2.05) is 73.7 Å². The van der Waals surface area contributed by atoms with Crippen LogP contribution in [-0.2, 0) is 0 Å². The predicted octanol–water partition coefficient (Wildman–Crippen LogP) is 5.10. The van der Waals surface area contributed by atoms with Crippen LogP contribution in [0, 0.1) is 6.92 Å². The fourth-order valence-electron chi connectivity index (χ4n) is 3.14. The Bertz CT molecular complexity index is 1140. The van der Waals surface area contributed by atoms with Crippen LogP contribution in [0.3, 0.4) is 0 Å². The van der Waals surface area contributed by atoms with Gasteiger partial charge in [0.05, 0.1) is 11.2 Å². The predicted molar refractivity (Wildman–Crippen MR) is 112 cm³/mol. The van der Waals surface area contributed by atoms with Crippen LogP contribution in [0.4, 0.5) is 5.82 Å². The van der Waals surface area contributed by atoms with Crippen LogP contribution in [0.15, 0.2) is 66.7 Å². The van der Waals surface area contributed by atoms with Crippen molar-refractivity contribution < 1.29 is 4.79 Å². The minimum absolute atomic E-state index is 0.169. The Morgan fingerprint density at radius 3 is 2.50 bits per heavy atom. The van der Waals surface area contributed by atoms with Crippen molar-refractivity contribution in [3.8, 4) is 5.82 Å². The molecule has 0 aliphatic heterocycles. The van der Waals surface area contributed by atoms with Gasteiger partial charge in [-0.3, -0.25) is 4.79 Å². The molecule has 0 aliphatic rings. The van der Waals surface area contributed by atoms with Crippen LogP contribution >= 0.6 is 0 Å². The molecule has 0 saturated carbocycles. The van der Waals surface area contributed by atoms with E-state index in [0.29, 0.717) is 23.1 Å². The number of nitrogens with one attached hydrogen (secondary N) is 1. The zero-order chi connectivity index (χ0) is 19.7. The average Bonchev–Trinajstić information content (AvgIpc) is 3.07. The van der Waals surface area contributed by atoms with E-state index in [1.54, 1.807) is 4.68 Å². The van der Waals surface area contributed by atoms with Crippen molar-refractivity contribution in [2.45, 2.75) is 26.7 Å². The van der Waals surface area contributed by atoms with Crippen molar-refractivity contribution in [1.82, 2.24) is 14.8 Å². The number of hydrogen-bond donors (Lipinski definition) is 1. The highest BCUT2D eigenvalue weighted by Crippen LogP contribution is 2.20. The second kappa shape index (κ2) is 7.27. The second-order valence-electron chi connectivity index (χ2n) is 7.18. The minimum Gasteiger partial charge on any atom is -0.306 e. The van der Waals surface area contributed by atoms with Gasteiger partial charge >= 0.3 is 0 Å². The Morgan fingerprint density at radius 1 is 1.00 bits per heavy atom. The zero-order valence-electron chi connectivity index (χ0n) is 16.2. The van der Waals surface area contributed by atoms with Gasteiger partial charge in [0.25, 0.3) is 5.91 Å². The molecule has 4 rings (SSSR count). The molecule has 2 aromatic heterocycles. The zero-order valence-corrected chi connectivity index (χ0v) is 16.2. The molecule has 2 aromatic carbocycles. The summed E-state index contributed by atoms with van der Waals surface area (Å²) in [5.74, 6) is 1.52. The maximum atomic E-state index is 12.7. The number of aromatic nitrogens is 3. The first-order valence-electron chi connectivity index (χ1n) is 9.35. The topological polar surface area (TPSA) is 59.8 Å². The molecule has 0 bridgehead atoms. The summed E-state index contributed by atoms with van der Waals surface area (Å²) in [5, 5.41) is 8.54. The molecule has 0 radical (unpaired) electrons. The van der Waals surface area contributed by atoms with Gasteiger partial charge in [0.15, 0.2) is 5.82 Å². The standard InChI is InChI=1S/C23H22N4O/c1-15(2)17-8-10-19(11-9-17)23(28)25-22-14-16(3)26-27(22)21-13-12-18-6-4-5-7-20(18)24-21/h4-15H,1-3H3,(H,25,28).